The number of fused-ring (bicyclic) bond motifs is 16. The molecule has 348 valence electrons. The van der Waals surface area contributed by atoms with Gasteiger partial charge in [0.05, 0.1) is 10.8 Å². The molecule has 2 aromatic heterocycles. The number of rotatable bonds is 8. The zero-order valence-electron chi connectivity index (χ0n) is 40.3. The average molecular weight is 979 g/mol. The Hall–Kier alpha value is -8.80. The van der Waals surface area contributed by atoms with Gasteiger partial charge >= 0.3 is 0 Å². The SMILES string of the molecule is c1ccc(-c2cccc(N(c3ccccc3)c3cc4c(s3)C3(c5ccccc5-c5ccccc53)c3cc(N(c5ccccc5)c5cccc(-c6ccccc6)c5)sc3C43c4ccccc4-c4ccccc43)c2)cc1. The molecule has 4 heteroatoms. The van der Waals surface area contributed by atoms with Crippen molar-refractivity contribution in [3.8, 4) is 44.5 Å². The van der Waals surface area contributed by atoms with Crippen LogP contribution in [-0.4, -0.2) is 0 Å². The third-order valence-electron chi connectivity index (χ3n) is 15.7. The standard InChI is InChI=1S/C70H46N2S2/c1-5-23-47(24-6-1)49-27-21-33-53(43-49)71(51-29-9-3-10-30-51)65-45-63-67(73-65)70(61-41-19-15-37-57(61)58-38-16-20-42-62(58)70)64-46-66(74-68(64)69(63)59-39-17-13-35-55(59)56-36-14-18-40-60(56)69)72(52-31-11-4-12-32-52)54-34-22-28-50(44-54)48-25-7-2-8-26-48/h1-46H. The van der Waals surface area contributed by atoms with Gasteiger partial charge in [-0.25, -0.2) is 0 Å². The summed E-state index contributed by atoms with van der Waals surface area (Å²) in [5.74, 6) is 0. The van der Waals surface area contributed by atoms with Crippen LogP contribution in [0.1, 0.15) is 43.1 Å². The molecule has 0 radical (unpaired) electrons. The van der Waals surface area contributed by atoms with Crippen LogP contribution in [0.3, 0.4) is 0 Å². The summed E-state index contributed by atoms with van der Waals surface area (Å²) in [7, 11) is 0. The molecule has 0 saturated carbocycles. The maximum absolute atomic E-state index is 2.59. The summed E-state index contributed by atoms with van der Waals surface area (Å²) in [5.41, 5.74) is 21.0. The first kappa shape index (κ1) is 42.8. The predicted molar refractivity (Wildman–Crippen MR) is 311 cm³/mol. The van der Waals surface area contributed by atoms with Crippen molar-refractivity contribution in [1.29, 1.82) is 0 Å². The smallest absolute Gasteiger partial charge is 0.101 e. The Kier molecular flexibility index (Phi) is 9.78. The number of para-hydroxylation sites is 2. The van der Waals surface area contributed by atoms with Crippen LogP contribution in [0.15, 0.2) is 279 Å². The van der Waals surface area contributed by atoms with E-state index in [1.807, 2.05) is 22.7 Å². The highest BCUT2D eigenvalue weighted by Crippen LogP contribution is 2.71. The molecule has 74 heavy (non-hydrogen) atoms. The van der Waals surface area contributed by atoms with Gasteiger partial charge in [-0.15, -0.1) is 22.7 Å². The molecule has 0 bridgehead atoms. The van der Waals surface area contributed by atoms with Gasteiger partial charge in [0.25, 0.3) is 0 Å². The van der Waals surface area contributed by atoms with Gasteiger partial charge in [-0.1, -0.05) is 218 Å². The van der Waals surface area contributed by atoms with E-state index in [9.17, 15) is 0 Å². The first-order valence-corrected chi connectivity index (χ1v) is 27.0. The molecule has 2 spiro atoms. The lowest BCUT2D eigenvalue weighted by molar-refractivity contribution is 0.662. The van der Waals surface area contributed by atoms with Gasteiger partial charge in [0.2, 0.25) is 0 Å². The molecular weight excluding hydrogens is 933 g/mol. The number of thiophene rings is 2. The lowest BCUT2D eigenvalue weighted by atomic mass is 9.58. The van der Waals surface area contributed by atoms with Crippen molar-refractivity contribution in [2.75, 3.05) is 9.80 Å². The fourth-order valence-corrected chi connectivity index (χ4v) is 15.7. The van der Waals surface area contributed by atoms with Crippen LogP contribution < -0.4 is 9.80 Å². The monoisotopic (exact) mass is 978 g/mol. The predicted octanol–water partition coefficient (Wildman–Crippen LogP) is 19.1. The summed E-state index contributed by atoms with van der Waals surface area (Å²) < 4.78 is 0. The minimum atomic E-state index is -0.657. The minimum Gasteiger partial charge on any atom is -0.302 e. The summed E-state index contributed by atoms with van der Waals surface area (Å²) in [6, 6.07) is 104. The van der Waals surface area contributed by atoms with E-state index in [1.54, 1.807) is 0 Å². The fraction of sp³-hybridized carbons (Fsp3) is 0.0286. The Morgan fingerprint density at radius 1 is 0.230 bits per heavy atom. The number of nitrogens with zero attached hydrogens (tertiary/aromatic N) is 2. The van der Waals surface area contributed by atoms with Crippen molar-refractivity contribution in [2.45, 2.75) is 10.8 Å². The van der Waals surface area contributed by atoms with E-state index in [-0.39, 0.29) is 0 Å². The van der Waals surface area contributed by atoms with Gasteiger partial charge < -0.3 is 9.80 Å². The number of hydrogen-bond donors (Lipinski definition) is 0. The van der Waals surface area contributed by atoms with E-state index in [4.69, 9.17) is 0 Å². The highest BCUT2D eigenvalue weighted by Gasteiger charge is 2.61. The van der Waals surface area contributed by atoms with Crippen LogP contribution >= 0.6 is 22.7 Å². The van der Waals surface area contributed by atoms with Gasteiger partial charge in [-0.2, -0.15) is 0 Å². The van der Waals surface area contributed by atoms with E-state index in [1.165, 1.54) is 97.6 Å². The zero-order chi connectivity index (χ0) is 48.8. The van der Waals surface area contributed by atoms with Crippen molar-refractivity contribution < 1.29 is 0 Å². The molecule has 2 heterocycles. The minimum absolute atomic E-state index is 0.657. The molecule has 15 rings (SSSR count). The number of anilines is 6. The van der Waals surface area contributed by atoms with Crippen molar-refractivity contribution >= 4 is 55.4 Å². The van der Waals surface area contributed by atoms with Crippen LogP contribution in [-0.2, 0) is 10.8 Å². The quantitative estimate of drug-likeness (QED) is 0.150. The largest absolute Gasteiger partial charge is 0.302 e. The van der Waals surface area contributed by atoms with E-state index in [0.717, 1.165) is 22.7 Å². The summed E-state index contributed by atoms with van der Waals surface area (Å²) >= 11 is 3.92. The van der Waals surface area contributed by atoms with E-state index in [2.05, 4.69) is 289 Å². The summed E-state index contributed by atoms with van der Waals surface area (Å²) in [6.07, 6.45) is 0. The maximum atomic E-state index is 2.59. The summed E-state index contributed by atoms with van der Waals surface area (Å²) in [4.78, 5) is 7.72. The van der Waals surface area contributed by atoms with E-state index >= 15 is 0 Å². The topological polar surface area (TPSA) is 6.48 Å². The molecule has 3 aliphatic rings. The molecule has 2 nitrogen and oxygen atoms in total. The molecule has 0 amide bonds. The average Bonchev–Trinajstić information content (AvgIpc) is 4.27. The van der Waals surface area contributed by atoms with E-state index in [0.29, 0.717) is 0 Å². The highest BCUT2D eigenvalue weighted by atomic mass is 32.1. The second-order valence-electron chi connectivity index (χ2n) is 19.5. The van der Waals surface area contributed by atoms with Crippen LogP contribution in [0.2, 0.25) is 0 Å². The molecular formula is C70H46N2S2. The van der Waals surface area contributed by atoms with Gasteiger partial charge in [0.15, 0.2) is 0 Å². The second kappa shape index (κ2) is 16.9. The van der Waals surface area contributed by atoms with Gasteiger partial charge in [0.1, 0.15) is 10.0 Å². The van der Waals surface area contributed by atoms with Gasteiger partial charge in [0, 0.05) is 32.5 Å². The van der Waals surface area contributed by atoms with Crippen LogP contribution in [0.4, 0.5) is 32.8 Å². The third-order valence-corrected chi connectivity index (χ3v) is 18.2. The molecule has 0 aliphatic heterocycles. The summed E-state index contributed by atoms with van der Waals surface area (Å²) in [5, 5.41) is 2.35. The van der Waals surface area contributed by atoms with Crippen molar-refractivity contribution in [3.05, 3.63) is 322 Å². The van der Waals surface area contributed by atoms with Crippen LogP contribution in [0, 0.1) is 0 Å². The van der Waals surface area contributed by atoms with Gasteiger partial charge in [-0.3, -0.25) is 0 Å². The molecule has 10 aromatic carbocycles. The maximum Gasteiger partial charge on any atom is 0.101 e. The molecule has 12 aromatic rings. The third kappa shape index (κ3) is 6.16. The summed E-state index contributed by atoms with van der Waals surface area (Å²) in [6.45, 7) is 0. The van der Waals surface area contributed by atoms with Crippen LogP contribution in [0.25, 0.3) is 44.5 Å². The van der Waals surface area contributed by atoms with Crippen LogP contribution in [0.5, 0.6) is 0 Å². The molecule has 0 saturated heterocycles. The van der Waals surface area contributed by atoms with Crippen molar-refractivity contribution in [1.82, 2.24) is 0 Å². The second-order valence-corrected chi connectivity index (χ2v) is 21.6. The fourth-order valence-electron chi connectivity index (χ4n) is 12.7. The zero-order valence-corrected chi connectivity index (χ0v) is 41.9. The van der Waals surface area contributed by atoms with Crippen molar-refractivity contribution in [3.63, 3.8) is 0 Å². The Bertz CT molecular complexity index is 3690. The first-order chi connectivity index (χ1) is 36.7. The van der Waals surface area contributed by atoms with Gasteiger partial charge in [-0.05, 0) is 139 Å². The number of hydrogen-bond acceptors (Lipinski definition) is 4. The molecule has 0 fully saturated rings. The molecule has 0 N–H and O–H groups in total. The van der Waals surface area contributed by atoms with E-state index < -0.39 is 10.8 Å². The first-order valence-electron chi connectivity index (χ1n) is 25.4. The normalized spacial score (nSPS) is 13.6. The number of benzene rings is 10. The highest BCUT2D eigenvalue weighted by molar-refractivity contribution is 7.18. The molecule has 3 aliphatic carbocycles. The Labute approximate surface area is 440 Å². The molecule has 0 atom stereocenters. The lowest BCUT2D eigenvalue weighted by Crippen LogP contribution is -2.41. The lowest BCUT2D eigenvalue weighted by Gasteiger charge is -2.45. The Balaban J connectivity index is 1.07. The van der Waals surface area contributed by atoms with Crippen molar-refractivity contribution in [2.24, 2.45) is 0 Å². The molecule has 0 unspecified atom stereocenters. The Morgan fingerprint density at radius 3 is 0.865 bits per heavy atom. The Morgan fingerprint density at radius 2 is 0.514 bits per heavy atom.